The minimum atomic E-state index is -3.92. The third kappa shape index (κ3) is 5.34. The Labute approximate surface area is 211 Å². The number of sulfonamides is 1. The summed E-state index contributed by atoms with van der Waals surface area (Å²) in [4.78, 5) is 15.7. The number of amides is 1. The number of nitrogens with zero attached hydrogens (tertiary/aromatic N) is 2. The summed E-state index contributed by atoms with van der Waals surface area (Å²) in [5.41, 5.74) is 2.53. The molecule has 4 rings (SSSR count). The van der Waals surface area contributed by atoms with Gasteiger partial charge in [-0.3, -0.25) is 4.79 Å². The van der Waals surface area contributed by atoms with Crippen molar-refractivity contribution in [1.29, 1.82) is 0 Å². The lowest BCUT2D eigenvalue weighted by Crippen LogP contribution is -2.51. The molecule has 1 aliphatic rings. The number of rotatable bonds is 6. The second-order valence-electron chi connectivity index (χ2n) is 8.80. The van der Waals surface area contributed by atoms with Crippen LogP contribution in [0.25, 0.3) is 0 Å². The van der Waals surface area contributed by atoms with Crippen molar-refractivity contribution in [2.24, 2.45) is 0 Å². The SMILES string of the molecule is COc1ccc([C@H]2/C=C\CN(S(=O)(=O)c3ccc(C)cc3)[C@@H](C)C(=O)N2Cc2ccc(F)cc2)cc1. The van der Waals surface area contributed by atoms with E-state index in [1.165, 1.54) is 16.4 Å². The molecule has 2 atom stereocenters. The van der Waals surface area contributed by atoms with Crippen molar-refractivity contribution in [1.82, 2.24) is 9.21 Å². The van der Waals surface area contributed by atoms with Crippen LogP contribution in [-0.4, -0.2) is 43.2 Å². The Hall–Kier alpha value is -3.49. The van der Waals surface area contributed by atoms with Gasteiger partial charge < -0.3 is 9.64 Å². The first-order valence-corrected chi connectivity index (χ1v) is 13.1. The van der Waals surface area contributed by atoms with Crippen LogP contribution in [0, 0.1) is 12.7 Å². The van der Waals surface area contributed by atoms with Crippen LogP contribution in [0.15, 0.2) is 89.8 Å². The molecule has 0 unspecified atom stereocenters. The van der Waals surface area contributed by atoms with Crippen LogP contribution < -0.4 is 4.74 Å². The molecule has 188 valence electrons. The molecule has 1 heterocycles. The van der Waals surface area contributed by atoms with E-state index in [1.807, 2.05) is 37.3 Å². The predicted molar refractivity (Wildman–Crippen MR) is 136 cm³/mol. The summed E-state index contributed by atoms with van der Waals surface area (Å²) in [6.45, 7) is 3.73. The van der Waals surface area contributed by atoms with Crippen LogP contribution in [0.1, 0.15) is 29.7 Å². The highest BCUT2D eigenvalue weighted by atomic mass is 32.2. The molecule has 0 spiro atoms. The second-order valence-corrected chi connectivity index (χ2v) is 10.7. The van der Waals surface area contributed by atoms with E-state index < -0.39 is 22.1 Å². The number of hydrogen-bond donors (Lipinski definition) is 0. The Morgan fingerprint density at radius 2 is 1.61 bits per heavy atom. The van der Waals surface area contributed by atoms with Crippen molar-refractivity contribution in [3.63, 3.8) is 0 Å². The van der Waals surface area contributed by atoms with Crippen molar-refractivity contribution in [2.75, 3.05) is 13.7 Å². The van der Waals surface area contributed by atoms with Crippen LogP contribution >= 0.6 is 0 Å². The van der Waals surface area contributed by atoms with Gasteiger partial charge in [-0.05, 0) is 61.4 Å². The molecule has 3 aromatic carbocycles. The van der Waals surface area contributed by atoms with Crippen LogP contribution in [0.3, 0.4) is 0 Å². The molecule has 6 nitrogen and oxygen atoms in total. The largest absolute Gasteiger partial charge is 0.497 e. The van der Waals surface area contributed by atoms with E-state index in [1.54, 1.807) is 61.4 Å². The van der Waals surface area contributed by atoms with Crippen LogP contribution in [0.5, 0.6) is 5.75 Å². The fourth-order valence-electron chi connectivity index (χ4n) is 4.26. The van der Waals surface area contributed by atoms with Gasteiger partial charge in [-0.25, -0.2) is 12.8 Å². The Kier molecular flexibility index (Phi) is 7.56. The van der Waals surface area contributed by atoms with Gasteiger partial charge in [-0.2, -0.15) is 4.31 Å². The highest BCUT2D eigenvalue weighted by molar-refractivity contribution is 7.89. The maximum Gasteiger partial charge on any atom is 0.244 e. The van der Waals surface area contributed by atoms with Gasteiger partial charge in [0.1, 0.15) is 17.6 Å². The number of carbonyl (C=O) groups is 1. The number of halogens is 1. The molecule has 1 amide bonds. The van der Waals surface area contributed by atoms with Gasteiger partial charge in [0.25, 0.3) is 0 Å². The zero-order valence-electron chi connectivity index (χ0n) is 20.5. The first-order valence-electron chi connectivity index (χ1n) is 11.6. The average molecular weight is 509 g/mol. The Morgan fingerprint density at radius 1 is 0.972 bits per heavy atom. The predicted octanol–water partition coefficient (Wildman–Crippen LogP) is 4.86. The summed E-state index contributed by atoms with van der Waals surface area (Å²) in [6.07, 6.45) is 3.62. The molecule has 0 saturated heterocycles. The van der Waals surface area contributed by atoms with E-state index in [9.17, 15) is 17.6 Å². The second kappa shape index (κ2) is 10.6. The van der Waals surface area contributed by atoms with Gasteiger partial charge in [-0.15, -0.1) is 0 Å². The van der Waals surface area contributed by atoms with E-state index in [2.05, 4.69) is 0 Å². The quantitative estimate of drug-likeness (QED) is 0.446. The molecule has 0 aromatic heterocycles. The molecule has 1 aliphatic heterocycles. The van der Waals surface area contributed by atoms with Crippen molar-refractivity contribution < 1.29 is 22.3 Å². The molecular formula is C28H29FN2O4S. The number of hydrogen-bond acceptors (Lipinski definition) is 4. The molecule has 0 bridgehead atoms. The third-order valence-electron chi connectivity index (χ3n) is 6.36. The summed E-state index contributed by atoms with van der Waals surface area (Å²) in [6, 6.07) is 18.5. The summed E-state index contributed by atoms with van der Waals surface area (Å²) >= 11 is 0. The molecule has 8 heteroatoms. The smallest absolute Gasteiger partial charge is 0.244 e. The van der Waals surface area contributed by atoms with Gasteiger partial charge in [0.2, 0.25) is 15.9 Å². The van der Waals surface area contributed by atoms with Crippen molar-refractivity contribution in [2.45, 2.75) is 37.4 Å². The molecule has 0 radical (unpaired) electrons. The highest BCUT2D eigenvalue weighted by Gasteiger charge is 2.38. The maximum atomic E-state index is 13.9. The van der Waals surface area contributed by atoms with Crippen LogP contribution in [-0.2, 0) is 21.4 Å². The first-order chi connectivity index (χ1) is 17.2. The topological polar surface area (TPSA) is 66.9 Å². The van der Waals surface area contributed by atoms with E-state index in [0.29, 0.717) is 5.75 Å². The Bertz CT molecular complexity index is 1340. The van der Waals surface area contributed by atoms with E-state index in [4.69, 9.17) is 4.74 Å². The number of aryl methyl sites for hydroxylation is 1. The van der Waals surface area contributed by atoms with Gasteiger partial charge in [0.05, 0.1) is 18.0 Å². The van der Waals surface area contributed by atoms with Crippen molar-refractivity contribution >= 4 is 15.9 Å². The lowest BCUT2D eigenvalue weighted by molar-refractivity contribution is -0.137. The number of carbonyl (C=O) groups excluding carboxylic acids is 1. The summed E-state index contributed by atoms with van der Waals surface area (Å²) < 4.78 is 47.0. The number of ether oxygens (including phenoxy) is 1. The summed E-state index contributed by atoms with van der Waals surface area (Å²) in [5, 5.41) is 0. The molecular weight excluding hydrogens is 479 g/mol. The monoisotopic (exact) mass is 508 g/mol. The minimum absolute atomic E-state index is 0.0557. The lowest BCUT2D eigenvalue weighted by atomic mass is 10.0. The standard InChI is InChI=1S/C28H29FN2O4S/c1-20-6-16-26(17-7-20)36(33,34)31-18-4-5-27(23-10-14-25(35-3)15-11-23)30(28(32)21(31)2)19-22-8-12-24(29)13-9-22/h4-17,21,27H,18-19H2,1-3H3/b5-4-/t21-,27+/m0/s1. The van der Waals surface area contributed by atoms with Gasteiger partial charge in [0.15, 0.2) is 0 Å². The number of methoxy groups -OCH3 is 1. The highest BCUT2D eigenvalue weighted by Crippen LogP contribution is 2.31. The summed E-state index contributed by atoms with van der Waals surface area (Å²) in [7, 11) is -2.34. The maximum absolute atomic E-state index is 13.9. The van der Waals surface area contributed by atoms with Crippen LogP contribution in [0.4, 0.5) is 4.39 Å². The molecule has 3 aromatic rings. The Balaban J connectivity index is 1.75. The fraction of sp³-hybridized carbons (Fsp3) is 0.250. The third-order valence-corrected chi connectivity index (χ3v) is 8.31. The summed E-state index contributed by atoms with van der Waals surface area (Å²) in [5.74, 6) is -0.0259. The van der Waals surface area contributed by atoms with Gasteiger partial charge in [-0.1, -0.05) is 54.1 Å². The van der Waals surface area contributed by atoms with E-state index in [-0.39, 0.29) is 29.7 Å². The van der Waals surface area contributed by atoms with Crippen molar-refractivity contribution in [3.8, 4) is 5.75 Å². The van der Waals surface area contributed by atoms with Gasteiger partial charge in [0, 0.05) is 13.1 Å². The normalized spacial score (nSPS) is 20.0. The Morgan fingerprint density at radius 3 is 2.22 bits per heavy atom. The van der Waals surface area contributed by atoms with Gasteiger partial charge >= 0.3 is 0 Å². The zero-order chi connectivity index (χ0) is 25.9. The first kappa shape index (κ1) is 25.6. The average Bonchev–Trinajstić information content (AvgIpc) is 2.88. The van der Waals surface area contributed by atoms with E-state index in [0.717, 1.165) is 16.7 Å². The minimum Gasteiger partial charge on any atom is -0.497 e. The van der Waals surface area contributed by atoms with Crippen molar-refractivity contribution in [3.05, 3.63) is 107 Å². The molecule has 0 N–H and O–H groups in total. The zero-order valence-corrected chi connectivity index (χ0v) is 21.3. The molecule has 36 heavy (non-hydrogen) atoms. The fourth-order valence-corrected chi connectivity index (χ4v) is 5.80. The molecule has 0 saturated carbocycles. The number of benzene rings is 3. The van der Waals surface area contributed by atoms with E-state index >= 15 is 0 Å². The lowest BCUT2D eigenvalue weighted by Gasteiger charge is -2.37. The van der Waals surface area contributed by atoms with Crippen LogP contribution in [0.2, 0.25) is 0 Å². The molecule has 0 aliphatic carbocycles. The molecule has 0 fully saturated rings.